The van der Waals surface area contributed by atoms with Crippen LogP contribution in [0.3, 0.4) is 0 Å². The van der Waals surface area contributed by atoms with E-state index in [0.717, 1.165) is 0 Å². The Bertz CT molecular complexity index is 665. The monoisotopic (exact) mass is 288 g/mol. The molecule has 4 nitrogen and oxygen atoms in total. The predicted molar refractivity (Wildman–Crippen MR) is 79.0 cm³/mol. The van der Waals surface area contributed by atoms with E-state index in [9.17, 15) is 0 Å². The van der Waals surface area contributed by atoms with E-state index in [0.29, 0.717) is 33.5 Å². The molecule has 1 N–H and O–H groups in total. The van der Waals surface area contributed by atoms with Gasteiger partial charge in [0.25, 0.3) is 0 Å². The maximum atomic E-state index is 9.13. The quantitative estimate of drug-likeness (QED) is 0.925. The van der Waals surface area contributed by atoms with Gasteiger partial charge in [-0.1, -0.05) is 11.6 Å². The molecular weight excluding hydrogens is 276 g/mol. The Morgan fingerprint density at radius 2 is 1.85 bits per heavy atom. The highest BCUT2D eigenvalue weighted by Crippen LogP contribution is 2.33. The molecule has 102 valence electrons. The summed E-state index contributed by atoms with van der Waals surface area (Å²) >= 11 is 5.97. The molecule has 2 aromatic rings. The number of nitrogens with one attached hydrogen (secondary N) is 1. The number of ether oxygens (including phenoxy) is 2. The van der Waals surface area contributed by atoms with E-state index in [4.69, 9.17) is 26.3 Å². The van der Waals surface area contributed by atoms with Gasteiger partial charge in [-0.25, -0.2) is 0 Å². The molecule has 20 heavy (non-hydrogen) atoms. The lowest BCUT2D eigenvalue weighted by atomic mass is 10.2. The number of anilines is 2. The third-order valence-corrected chi connectivity index (χ3v) is 3.01. The fraction of sp³-hybridized carbons (Fsp3) is 0.133. The van der Waals surface area contributed by atoms with Gasteiger partial charge in [0.1, 0.15) is 17.6 Å². The van der Waals surface area contributed by atoms with Crippen LogP contribution < -0.4 is 14.8 Å². The molecule has 0 bridgehead atoms. The van der Waals surface area contributed by atoms with Crippen LogP contribution in [0.4, 0.5) is 11.4 Å². The summed E-state index contributed by atoms with van der Waals surface area (Å²) in [4.78, 5) is 0. The average Bonchev–Trinajstić information content (AvgIpc) is 2.47. The van der Waals surface area contributed by atoms with Crippen LogP contribution in [0.2, 0.25) is 5.02 Å². The number of halogens is 1. The van der Waals surface area contributed by atoms with Crippen LogP contribution in [0.15, 0.2) is 36.4 Å². The van der Waals surface area contributed by atoms with E-state index < -0.39 is 0 Å². The zero-order valence-electron chi connectivity index (χ0n) is 11.1. The second-order valence-electron chi connectivity index (χ2n) is 3.99. The minimum Gasteiger partial charge on any atom is -0.497 e. The van der Waals surface area contributed by atoms with Gasteiger partial charge in [-0.15, -0.1) is 0 Å². The van der Waals surface area contributed by atoms with Crippen LogP contribution in [0, 0.1) is 11.3 Å². The second-order valence-corrected chi connectivity index (χ2v) is 4.43. The molecular formula is C15H13ClN2O2. The normalized spacial score (nSPS) is 9.70. The summed E-state index contributed by atoms with van der Waals surface area (Å²) in [5.41, 5.74) is 1.82. The molecule has 0 aliphatic heterocycles. The van der Waals surface area contributed by atoms with Gasteiger partial charge >= 0.3 is 0 Å². The Morgan fingerprint density at radius 1 is 1.05 bits per heavy atom. The second kappa shape index (κ2) is 6.18. The number of rotatable bonds is 4. The molecule has 0 amide bonds. The van der Waals surface area contributed by atoms with Crippen molar-refractivity contribution in [2.24, 2.45) is 0 Å². The van der Waals surface area contributed by atoms with Crippen molar-refractivity contribution in [1.82, 2.24) is 0 Å². The molecule has 0 saturated heterocycles. The highest BCUT2D eigenvalue weighted by atomic mass is 35.5. The topological polar surface area (TPSA) is 54.3 Å². The number of nitrogens with zero attached hydrogens (tertiary/aromatic N) is 1. The molecule has 2 aromatic carbocycles. The van der Waals surface area contributed by atoms with Crippen LogP contribution >= 0.6 is 11.6 Å². The van der Waals surface area contributed by atoms with E-state index in [1.54, 1.807) is 50.6 Å². The Balaban J connectivity index is 2.43. The molecule has 0 radical (unpaired) electrons. The van der Waals surface area contributed by atoms with Crippen molar-refractivity contribution in [3.63, 3.8) is 0 Å². The summed E-state index contributed by atoms with van der Waals surface area (Å²) in [7, 11) is 3.17. The Kier molecular flexibility index (Phi) is 4.34. The number of benzene rings is 2. The van der Waals surface area contributed by atoms with Gasteiger partial charge in [-0.2, -0.15) is 5.26 Å². The summed E-state index contributed by atoms with van der Waals surface area (Å²) < 4.78 is 10.5. The number of methoxy groups -OCH3 is 2. The van der Waals surface area contributed by atoms with Gasteiger partial charge in [0.15, 0.2) is 0 Å². The first kappa shape index (κ1) is 14.0. The molecule has 0 spiro atoms. The highest BCUT2D eigenvalue weighted by molar-refractivity contribution is 6.30. The van der Waals surface area contributed by atoms with Crippen molar-refractivity contribution < 1.29 is 9.47 Å². The fourth-order valence-corrected chi connectivity index (χ4v) is 1.95. The van der Waals surface area contributed by atoms with E-state index in [2.05, 4.69) is 11.4 Å². The lowest BCUT2D eigenvalue weighted by molar-refractivity contribution is 0.405. The van der Waals surface area contributed by atoms with Crippen molar-refractivity contribution in [1.29, 1.82) is 5.26 Å². The first-order valence-corrected chi connectivity index (χ1v) is 6.24. The van der Waals surface area contributed by atoms with Gasteiger partial charge in [0.05, 0.1) is 31.2 Å². The first-order chi connectivity index (χ1) is 9.67. The van der Waals surface area contributed by atoms with Crippen LogP contribution in [0.1, 0.15) is 5.56 Å². The molecule has 0 fully saturated rings. The summed E-state index contributed by atoms with van der Waals surface area (Å²) in [6, 6.07) is 12.5. The minimum absolute atomic E-state index is 0.499. The van der Waals surface area contributed by atoms with Gasteiger partial charge in [0.2, 0.25) is 0 Å². The van der Waals surface area contributed by atoms with Crippen LogP contribution in [0.25, 0.3) is 0 Å². The number of hydrogen-bond donors (Lipinski definition) is 1. The van der Waals surface area contributed by atoms with Crippen LogP contribution in [0.5, 0.6) is 11.5 Å². The molecule has 0 unspecified atom stereocenters. The van der Waals surface area contributed by atoms with E-state index in [1.807, 2.05) is 0 Å². The van der Waals surface area contributed by atoms with Crippen molar-refractivity contribution in [2.75, 3.05) is 19.5 Å². The third-order valence-electron chi connectivity index (χ3n) is 2.78. The summed E-state index contributed by atoms with van der Waals surface area (Å²) in [6.45, 7) is 0. The van der Waals surface area contributed by atoms with E-state index in [1.165, 1.54) is 0 Å². The molecule has 0 aliphatic carbocycles. The third kappa shape index (κ3) is 2.95. The fourth-order valence-electron chi connectivity index (χ4n) is 1.77. The molecule has 2 rings (SSSR count). The minimum atomic E-state index is 0.499. The maximum Gasteiger partial charge on any atom is 0.142 e. The summed E-state index contributed by atoms with van der Waals surface area (Å²) in [6.07, 6.45) is 0. The Morgan fingerprint density at radius 3 is 2.50 bits per heavy atom. The molecule has 5 heteroatoms. The summed E-state index contributed by atoms with van der Waals surface area (Å²) in [5.74, 6) is 1.34. The van der Waals surface area contributed by atoms with Crippen molar-refractivity contribution in [2.45, 2.75) is 0 Å². The van der Waals surface area contributed by atoms with Gasteiger partial charge in [-0.3, -0.25) is 0 Å². The zero-order valence-corrected chi connectivity index (χ0v) is 11.9. The summed E-state index contributed by atoms with van der Waals surface area (Å²) in [5, 5.41) is 12.8. The number of nitriles is 1. The molecule has 0 atom stereocenters. The largest absolute Gasteiger partial charge is 0.497 e. The Labute approximate surface area is 122 Å². The predicted octanol–water partition coefficient (Wildman–Crippen LogP) is 3.97. The highest BCUT2D eigenvalue weighted by Gasteiger charge is 2.09. The van der Waals surface area contributed by atoms with E-state index in [-0.39, 0.29) is 0 Å². The van der Waals surface area contributed by atoms with Gasteiger partial charge < -0.3 is 14.8 Å². The lowest BCUT2D eigenvalue weighted by Gasteiger charge is -2.13. The van der Waals surface area contributed by atoms with E-state index >= 15 is 0 Å². The molecule has 0 aliphatic rings. The van der Waals surface area contributed by atoms with Gasteiger partial charge in [0, 0.05) is 11.1 Å². The molecule has 0 heterocycles. The molecule has 0 aromatic heterocycles. The Hall–Kier alpha value is -2.38. The average molecular weight is 289 g/mol. The number of hydrogen-bond acceptors (Lipinski definition) is 4. The molecule has 0 saturated carbocycles. The van der Waals surface area contributed by atoms with Crippen LogP contribution in [-0.2, 0) is 0 Å². The zero-order chi connectivity index (χ0) is 14.5. The van der Waals surface area contributed by atoms with Crippen molar-refractivity contribution in [3.8, 4) is 17.6 Å². The van der Waals surface area contributed by atoms with Crippen LogP contribution in [-0.4, -0.2) is 14.2 Å². The first-order valence-electron chi connectivity index (χ1n) is 5.86. The van der Waals surface area contributed by atoms with Gasteiger partial charge in [-0.05, 0) is 30.3 Å². The van der Waals surface area contributed by atoms with Crippen molar-refractivity contribution in [3.05, 3.63) is 47.0 Å². The van der Waals surface area contributed by atoms with Crippen molar-refractivity contribution >= 4 is 23.0 Å². The smallest absolute Gasteiger partial charge is 0.142 e. The SMILES string of the molecule is COc1ccc(OC)c(Nc2cc(Cl)ccc2C#N)c1. The lowest BCUT2D eigenvalue weighted by Crippen LogP contribution is -1.97. The standard InChI is InChI=1S/C15H13ClN2O2/c1-19-12-5-6-15(20-2)14(8-12)18-13-7-11(16)4-3-10(13)9-17/h3-8,18H,1-2H3. The maximum absolute atomic E-state index is 9.13.